The van der Waals surface area contributed by atoms with E-state index in [9.17, 15) is 18.0 Å². The van der Waals surface area contributed by atoms with E-state index in [1.54, 1.807) is 25.3 Å². The molecule has 28 heavy (non-hydrogen) atoms. The van der Waals surface area contributed by atoms with Gasteiger partial charge < -0.3 is 5.32 Å². The molecule has 4 nitrogen and oxygen atoms in total. The highest BCUT2D eigenvalue weighted by Gasteiger charge is 2.30. The van der Waals surface area contributed by atoms with Gasteiger partial charge in [0.15, 0.2) is 0 Å². The van der Waals surface area contributed by atoms with Crippen LogP contribution in [0.4, 0.5) is 13.2 Å². The Morgan fingerprint density at radius 1 is 1.21 bits per heavy atom. The first-order valence-corrected chi connectivity index (χ1v) is 8.99. The first kappa shape index (κ1) is 19.6. The van der Waals surface area contributed by atoms with Crippen LogP contribution in [0.15, 0.2) is 48.7 Å². The SMILES string of the molecule is Cc1nc(-c2ccccn2)sc1C(=O)NCC#Cc1cccc(C(F)(F)F)c1. The molecule has 1 N–H and O–H groups in total. The third-order valence-electron chi connectivity index (χ3n) is 3.65. The quantitative estimate of drug-likeness (QED) is 0.666. The van der Waals surface area contributed by atoms with Gasteiger partial charge in [-0.2, -0.15) is 13.2 Å². The Bertz CT molecular complexity index is 1050. The fourth-order valence-electron chi connectivity index (χ4n) is 2.33. The number of pyridine rings is 1. The summed E-state index contributed by atoms with van der Waals surface area (Å²) in [5.41, 5.74) is 0.731. The van der Waals surface area contributed by atoms with Crippen LogP contribution < -0.4 is 5.32 Å². The Kier molecular flexibility index (Phi) is 5.76. The number of nitrogens with one attached hydrogen (secondary N) is 1. The van der Waals surface area contributed by atoms with Crippen molar-refractivity contribution in [3.63, 3.8) is 0 Å². The molecule has 0 saturated heterocycles. The van der Waals surface area contributed by atoms with Gasteiger partial charge in [0.1, 0.15) is 9.88 Å². The third-order valence-corrected chi connectivity index (χ3v) is 4.83. The second-order valence-corrected chi connectivity index (χ2v) is 6.71. The van der Waals surface area contributed by atoms with E-state index in [0.29, 0.717) is 21.3 Å². The molecule has 3 rings (SSSR count). The first-order chi connectivity index (χ1) is 13.3. The summed E-state index contributed by atoms with van der Waals surface area (Å²) in [7, 11) is 0. The maximum Gasteiger partial charge on any atom is 0.416 e. The number of aromatic nitrogens is 2. The van der Waals surface area contributed by atoms with Crippen LogP contribution in [0.25, 0.3) is 10.7 Å². The van der Waals surface area contributed by atoms with Gasteiger partial charge in [-0.05, 0) is 37.3 Å². The molecule has 0 unspecified atom stereocenters. The molecule has 3 aromatic rings. The van der Waals surface area contributed by atoms with Gasteiger partial charge in [0, 0.05) is 11.8 Å². The highest BCUT2D eigenvalue weighted by molar-refractivity contribution is 7.17. The average Bonchev–Trinajstić information content (AvgIpc) is 3.07. The van der Waals surface area contributed by atoms with E-state index >= 15 is 0 Å². The molecule has 0 radical (unpaired) electrons. The molecule has 0 aliphatic heterocycles. The van der Waals surface area contributed by atoms with Gasteiger partial charge in [-0.25, -0.2) is 4.98 Å². The summed E-state index contributed by atoms with van der Waals surface area (Å²) in [6, 6.07) is 10.2. The lowest BCUT2D eigenvalue weighted by molar-refractivity contribution is -0.137. The number of hydrogen-bond donors (Lipinski definition) is 1. The second-order valence-electron chi connectivity index (χ2n) is 5.71. The summed E-state index contributed by atoms with van der Waals surface area (Å²) in [4.78, 5) is 21.3. The van der Waals surface area contributed by atoms with Crippen LogP contribution in [0, 0.1) is 18.8 Å². The van der Waals surface area contributed by atoms with Crippen LogP contribution in [0.5, 0.6) is 0 Å². The summed E-state index contributed by atoms with van der Waals surface area (Å²) in [6.07, 6.45) is -2.77. The molecule has 2 aromatic heterocycles. The van der Waals surface area contributed by atoms with Gasteiger partial charge in [-0.15, -0.1) is 11.3 Å². The number of aryl methyl sites for hydroxylation is 1. The zero-order valence-corrected chi connectivity index (χ0v) is 15.5. The van der Waals surface area contributed by atoms with E-state index in [0.717, 1.165) is 12.1 Å². The number of rotatable bonds is 3. The number of alkyl halides is 3. The van der Waals surface area contributed by atoms with Gasteiger partial charge in [0.25, 0.3) is 5.91 Å². The fraction of sp³-hybridized carbons (Fsp3) is 0.150. The van der Waals surface area contributed by atoms with Crippen molar-refractivity contribution in [2.24, 2.45) is 0 Å². The normalized spacial score (nSPS) is 10.9. The Hall–Kier alpha value is -3.18. The summed E-state index contributed by atoms with van der Waals surface area (Å²) >= 11 is 1.22. The first-order valence-electron chi connectivity index (χ1n) is 8.18. The topological polar surface area (TPSA) is 54.9 Å². The summed E-state index contributed by atoms with van der Waals surface area (Å²) in [5, 5.41) is 3.27. The average molecular weight is 401 g/mol. The monoisotopic (exact) mass is 401 g/mol. The van der Waals surface area contributed by atoms with Crippen molar-refractivity contribution in [1.82, 2.24) is 15.3 Å². The molecule has 0 aliphatic rings. The summed E-state index contributed by atoms with van der Waals surface area (Å²) < 4.78 is 38.1. The summed E-state index contributed by atoms with van der Waals surface area (Å²) in [6.45, 7) is 1.73. The maximum absolute atomic E-state index is 12.7. The van der Waals surface area contributed by atoms with Gasteiger partial charge in [0.05, 0.1) is 23.5 Å². The number of nitrogens with zero attached hydrogens (tertiary/aromatic N) is 2. The number of halogens is 3. The molecule has 1 aromatic carbocycles. The minimum absolute atomic E-state index is 0.00530. The van der Waals surface area contributed by atoms with Crippen LogP contribution in [-0.4, -0.2) is 22.4 Å². The van der Waals surface area contributed by atoms with Crippen molar-refractivity contribution in [2.75, 3.05) is 6.54 Å². The number of benzene rings is 1. The van der Waals surface area contributed by atoms with E-state index in [1.165, 1.54) is 23.5 Å². The van der Waals surface area contributed by atoms with Gasteiger partial charge >= 0.3 is 6.18 Å². The predicted molar refractivity (Wildman–Crippen MR) is 101 cm³/mol. The van der Waals surface area contributed by atoms with E-state index < -0.39 is 11.7 Å². The van der Waals surface area contributed by atoms with Crippen molar-refractivity contribution in [3.05, 3.63) is 70.4 Å². The smallest absolute Gasteiger partial charge is 0.340 e. The lowest BCUT2D eigenvalue weighted by Crippen LogP contribution is -2.23. The Morgan fingerprint density at radius 3 is 2.75 bits per heavy atom. The fourth-order valence-corrected chi connectivity index (χ4v) is 3.29. The molecule has 0 fully saturated rings. The van der Waals surface area contributed by atoms with E-state index in [1.807, 2.05) is 6.07 Å². The molecule has 0 bridgehead atoms. The molecule has 0 saturated carbocycles. The summed E-state index contributed by atoms with van der Waals surface area (Å²) in [5.74, 6) is 4.95. The number of carbonyl (C=O) groups excluding carboxylic acids is 1. The molecular formula is C20H14F3N3OS. The van der Waals surface area contributed by atoms with Crippen molar-refractivity contribution in [2.45, 2.75) is 13.1 Å². The largest absolute Gasteiger partial charge is 0.416 e. The minimum Gasteiger partial charge on any atom is -0.340 e. The van der Waals surface area contributed by atoms with E-state index in [2.05, 4.69) is 27.1 Å². The maximum atomic E-state index is 12.7. The molecule has 1 amide bonds. The van der Waals surface area contributed by atoms with Gasteiger partial charge in [-0.1, -0.05) is 24.0 Å². The lowest BCUT2D eigenvalue weighted by atomic mass is 10.1. The van der Waals surface area contributed by atoms with Crippen molar-refractivity contribution >= 4 is 17.2 Å². The zero-order chi connectivity index (χ0) is 20.1. The molecule has 0 aliphatic carbocycles. The minimum atomic E-state index is -4.42. The van der Waals surface area contributed by atoms with Crippen LogP contribution >= 0.6 is 11.3 Å². The number of thiazole rings is 1. The molecule has 0 atom stereocenters. The van der Waals surface area contributed by atoms with Gasteiger partial charge in [-0.3, -0.25) is 9.78 Å². The van der Waals surface area contributed by atoms with Gasteiger partial charge in [0.2, 0.25) is 0 Å². The van der Waals surface area contributed by atoms with E-state index in [4.69, 9.17) is 0 Å². The van der Waals surface area contributed by atoms with Crippen molar-refractivity contribution < 1.29 is 18.0 Å². The molecular weight excluding hydrogens is 387 g/mol. The van der Waals surface area contributed by atoms with Crippen molar-refractivity contribution in [1.29, 1.82) is 0 Å². The van der Waals surface area contributed by atoms with Crippen LogP contribution in [-0.2, 0) is 6.18 Å². The number of carbonyl (C=O) groups is 1. The van der Waals surface area contributed by atoms with Crippen LogP contribution in [0.1, 0.15) is 26.5 Å². The zero-order valence-electron chi connectivity index (χ0n) is 14.7. The Balaban J connectivity index is 1.65. The Morgan fingerprint density at radius 2 is 2.04 bits per heavy atom. The van der Waals surface area contributed by atoms with Crippen LogP contribution in [0.3, 0.4) is 0 Å². The molecule has 0 spiro atoms. The highest BCUT2D eigenvalue weighted by atomic mass is 32.1. The predicted octanol–water partition coefficient (Wildman–Crippen LogP) is 4.31. The molecule has 2 heterocycles. The van der Waals surface area contributed by atoms with E-state index in [-0.39, 0.29) is 18.0 Å². The number of amides is 1. The van der Waals surface area contributed by atoms with Crippen molar-refractivity contribution in [3.8, 4) is 22.5 Å². The standard InChI is InChI=1S/C20H14F3N3OS/c1-13-17(28-19(26-13)16-9-2-3-10-24-16)18(27)25-11-5-7-14-6-4-8-15(12-14)20(21,22)23/h2-4,6,8-10,12H,11H2,1H3,(H,25,27). The second kappa shape index (κ2) is 8.23. The van der Waals surface area contributed by atoms with Crippen LogP contribution in [0.2, 0.25) is 0 Å². The molecule has 8 heteroatoms. The lowest BCUT2D eigenvalue weighted by Gasteiger charge is -2.05. The third kappa shape index (κ3) is 4.75. The molecule has 142 valence electrons. The highest BCUT2D eigenvalue weighted by Crippen LogP contribution is 2.29. The number of hydrogen-bond acceptors (Lipinski definition) is 4. The Labute approximate surface area is 163 Å².